The van der Waals surface area contributed by atoms with Crippen LogP contribution in [-0.2, 0) is 7.05 Å². The lowest BCUT2D eigenvalue weighted by molar-refractivity contribution is 0.0118. The molecule has 3 N–H and O–H groups in total. The molecule has 0 aliphatic carbocycles. The maximum atomic E-state index is 12.8. The van der Waals surface area contributed by atoms with E-state index in [9.17, 15) is 13.6 Å². The third kappa shape index (κ3) is 3.18. The first kappa shape index (κ1) is 12.9. The summed E-state index contributed by atoms with van der Waals surface area (Å²) in [5, 5.41) is 2.47. The molecule has 90 valence electrons. The van der Waals surface area contributed by atoms with Crippen molar-refractivity contribution in [1.29, 1.82) is 0 Å². The zero-order chi connectivity index (χ0) is 12.3. The number of hydrogen-bond acceptors (Lipinski definition) is 2. The number of amides is 1. The molecule has 7 heteroatoms. The van der Waals surface area contributed by atoms with Crippen LogP contribution in [0.3, 0.4) is 0 Å². The van der Waals surface area contributed by atoms with Gasteiger partial charge in [0.2, 0.25) is 0 Å². The van der Waals surface area contributed by atoms with E-state index in [2.05, 4.69) is 5.32 Å². The minimum Gasteiger partial charge on any atom is -0.345 e. The average molecular weight is 252 g/mol. The first-order valence-electron chi connectivity index (χ1n) is 4.54. The summed E-state index contributed by atoms with van der Waals surface area (Å²) in [6.07, 6.45) is 1.51. The minimum absolute atomic E-state index is 0.220. The summed E-state index contributed by atoms with van der Waals surface area (Å²) in [4.78, 5) is 11.5. The highest BCUT2D eigenvalue weighted by Crippen LogP contribution is 2.13. The van der Waals surface area contributed by atoms with Crippen LogP contribution in [0.5, 0.6) is 0 Å². The summed E-state index contributed by atoms with van der Waals surface area (Å²) in [7, 11) is 1.60. The molecule has 0 aliphatic rings. The van der Waals surface area contributed by atoms with Crippen LogP contribution in [0.25, 0.3) is 0 Å². The Morgan fingerprint density at radius 2 is 2.31 bits per heavy atom. The number of aromatic nitrogens is 1. The van der Waals surface area contributed by atoms with E-state index in [-0.39, 0.29) is 5.69 Å². The monoisotopic (exact) mass is 251 g/mol. The molecule has 1 aromatic heterocycles. The van der Waals surface area contributed by atoms with E-state index in [1.807, 2.05) is 0 Å². The lowest BCUT2D eigenvalue weighted by atomic mass is 10.3. The number of halogens is 3. The molecule has 1 amide bonds. The third-order valence-corrected chi connectivity index (χ3v) is 2.22. The molecule has 0 unspecified atom stereocenters. The lowest BCUT2D eigenvalue weighted by Crippen LogP contribution is -2.41. The highest BCUT2D eigenvalue weighted by atomic mass is 35.5. The highest BCUT2D eigenvalue weighted by Gasteiger charge is 2.27. The van der Waals surface area contributed by atoms with Gasteiger partial charge in [-0.2, -0.15) is 0 Å². The van der Waals surface area contributed by atoms with Gasteiger partial charge in [-0.15, -0.1) is 0 Å². The van der Waals surface area contributed by atoms with E-state index in [0.717, 1.165) is 0 Å². The Kier molecular flexibility index (Phi) is 3.88. The number of nitrogens with one attached hydrogen (secondary N) is 1. The summed E-state index contributed by atoms with van der Waals surface area (Å²) in [5.41, 5.74) is 5.06. The second kappa shape index (κ2) is 4.80. The molecule has 0 saturated heterocycles. The van der Waals surface area contributed by atoms with Crippen LogP contribution in [0.15, 0.2) is 12.3 Å². The van der Waals surface area contributed by atoms with E-state index in [1.165, 1.54) is 16.8 Å². The molecule has 1 heterocycles. The van der Waals surface area contributed by atoms with Crippen molar-refractivity contribution in [2.24, 2.45) is 12.8 Å². The maximum absolute atomic E-state index is 12.8. The van der Waals surface area contributed by atoms with Crippen molar-refractivity contribution in [3.63, 3.8) is 0 Å². The van der Waals surface area contributed by atoms with Gasteiger partial charge < -0.3 is 15.6 Å². The molecule has 0 atom stereocenters. The SMILES string of the molecule is Cn1cc(Cl)cc1C(=O)NCC(F)(F)CN. The standard InChI is InChI=1S/C9H12ClF2N3O/c1-15-3-6(10)2-7(15)8(16)14-5-9(11,12)4-13/h2-3H,4-5,13H2,1H3,(H,14,16). The molecule has 4 nitrogen and oxygen atoms in total. The van der Waals surface area contributed by atoms with Crippen molar-refractivity contribution in [3.8, 4) is 0 Å². The van der Waals surface area contributed by atoms with Gasteiger partial charge in [-0.25, -0.2) is 8.78 Å². The Bertz CT molecular complexity index is 392. The van der Waals surface area contributed by atoms with Gasteiger partial charge in [0.1, 0.15) is 5.69 Å². The summed E-state index contributed by atoms with van der Waals surface area (Å²) >= 11 is 5.66. The number of nitrogens with two attached hydrogens (primary N) is 1. The number of carbonyl (C=O) groups is 1. The minimum atomic E-state index is -3.09. The Morgan fingerprint density at radius 3 is 2.75 bits per heavy atom. The topological polar surface area (TPSA) is 60.0 Å². The van der Waals surface area contributed by atoms with Gasteiger partial charge in [-0.05, 0) is 6.07 Å². The number of hydrogen-bond donors (Lipinski definition) is 2. The van der Waals surface area contributed by atoms with Gasteiger partial charge >= 0.3 is 0 Å². The molecular formula is C9H12ClF2N3O. The van der Waals surface area contributed by atoms with Gasteiger partial charge in [0, 0.05) is 13.2 Å². The second-order valence-electron chi connectivity index (χ2n) is 3.40. The van der Waals surface area contributed by atoms with E-state index < -0.39 is 24.9 Å². The summed E-state index contributed by atoms with van der Waals surface area (Å²) in [6.45, 7) is -1.59. The third-order valence-electron chi connectivity index (χ3n) is 2.01. The van der Waals surface area contributed by atoms with Crippen LogP contribution < -0.4 is 11.1 Å². The van der Waals surface area contributed by atoms with Crippen LogP contribution in [-0.4, -0.2) is 29.5 Å². The van der Waals surface area contributed by atoms with Gasteiger partial charge in [0.05, 0.1) is 18.1 Å². The predicted molar refractivity (Wildman–Crippen MR) is 56.8 cm³/mol. The summed E-state index contributed by atoms with van der Waals surface area (Å²) < 4.78 is 27.0. The first-order valence-corrected chi connectivity index (χ1v) is 4.91. The molecule has 1 rings (SSSR count). The Balaban J connectivity index is 2.63. The fourth-order valence-corrected chi connectivity index (χ4v) is 1.37. The van der Waals surface area contributed by atoms with Crippen LogP contribution >= 0.6 is 11.6 Å². The molecule has 0 radical (unpaired) electrons. The van der Waals surface area contributed by atoms with Crippen molar-refractivity contribution < 1.29 is 13.6 Å². The molecule has 1 aromatic rings. The zero-order valence-corrected chi connectivity index (χ0v) is 9.39. The lowest BCUT2D eigenvalue weighted by Gasteiger charge is -2.14. The Hall–Kier alpha value is -1.14. The van der Waals surface area contributed by atoms with Gasteiger partial charge in [0.15, 0.2) is 0 Å². The number of carbonyl (C=O) groups excluding carboxylic acids is 1. The Labute approximate surface area is 96.4 Å². The van der Waals surface area contributed by atoms with Crippen LogP contribution in [0.4, 0.5) is 8.78 Å². The van der Waals surface area contributed by atoms with Crippen LogP contribution in [0.2, 0.25) is 5.02 Å². The normalized spacial score (nSPS) is 11.6. The molecule has 0 aromatic carbocycles. The van der Waals surface area contributed by atoms with E-state index in [4.69, 9.17) is 17.3 Å². The van der Waals surface area contributed by atoms with Crippen LogP contribution in [0.1, 0.15) is 10.5 Å². The second-order valence-corrected chi connectivity index (χ2v) is 3.83. The molecule has 0 fully saturated rings. The highest BCUT2D eigenvalue weighted by molar-refractivity contribution is 6.31. The van der Waals surface area contributed by atoms with Crippen LogP contribution in [0, 0.1) is 0 Å². The predicted octanol–water partition coefficient (Wildman–Crippen LogP) is 1.00. The average Bonchev–Trinajstić information content (AvgIpc) is 2.54. The van der Waals surface area contributed by atoms with Gasteiger partial charge in [0.25, 0.3) is 11.8 Å². The van der Waals surface area contributed by atoms with Crippen molar-refractivity contribution in [3.05, 3.63) is 23.0 Å². The fourth-order valence-electron chi connectivity index (χ4n) is 1.12. The Morgan fingerprint density at radius 1 is 1.69 bits per heavy atom. The summed E-state index contributed by atoms with van der Waals surface area (Å²) in [5.74, 6) is -3.70. The number of aryl methyl sites for hydroxylation is 1. The van der Waals surface area contributed by atoms with Crippen molar-refractivity contribution in [2.75, 3.05) is 13.1 Å². The first-order chi connectivity index (χ1) is 7.35. The smallest absolute Gasteiger partial charge is 0.277 e. The largest absolute Gasteiger partial charge is 0.345 e. The molecule has 0 aliphatic heterocycles. The molecule has 0 spiro atoms. The molecule has 0 saturated carbocycles. The molecular weight excluding hydrogens is 240 g/mol. The van der Waals surface area contributed by atoms with Crippen molar-refractivity contribution in [2.45, 2.75) is 5.92 Å². The quantitative estimate of drug-likeness (QED) is 0.839. The van der Waals surface area contributed by atoms with Crippen molar-refractivity contribution in [1.82, 2.24) is 9.88 Å². The van der Waals surface area contributed by atoms with Gasteiger partial charge in [-0.1, -0.05) is 11.6 Å². The maximum Gasteiger partial charge on any atom is 0.277 e. The number of nitrogens with zero attached hydrogens (tertiary/aromatic N) is 1. The van der Waals surface area contributed by atoms with E-state index in [1.54, 1.807) is 7.05 Å². The van der Waals surface area contributed by atoms with Crippen molar-refractivity contribution >= 4 is 17.5 Å². The molecule has 0 bridgehead atoms. The summed E-state index contributed by atoms with van der Waals surface area (Å²) in [6, 6.07) is 1.40. The number of rotatable bonds is 4. The van der Waals surface area contributed by atoms with E-state index in [0.29, 0.717) is 5.02 Å². The van der Waals surface area contributed by atoms with Gasteiger partial charge in [-0.3, -0.25) is 4.79 Å². The number of alkyl halides is 2. The fraction of sp³-hybridized carbons (Fsp3) is 0.444. The zero-order valence-electron chi connectivity index (χ0n) is 8.64. The van der Waals surface area contributed by atoms with E-state index >= 15 is 0 Å². The molecule has 16 heavy (non-hydrogen) atoms.